The third kappa shape index (κ3) is 6.56. The van der Waals surface area contributed by atoms with Gasteiger partial charge >= 0.3 is 5.97 Å². The van der Waals surface area contributed by atoms with Crippen LogP contribution in [-0.4, -0.2) is 38.7 Å². The van der Waals surface area contributed by atoms with Crippen LogP contribution in [0.15, 0.2) is 29.3 Å². The summed E-state index contributed by atoms with van der Waals surface area (Å²) in [5.41, 5.74) is 1.05. The lowest BCUT2D eigenvalue weighted by molar-refractivity contribution is -0.144. The number of methoxy groups -OCH3 is 1. The summed E-state index contributed by atoms with van der Waals surface area (Å²) in [5.74, 6) is -0.132. The van der Waals surface area contributed by atoms with Crippen LogP contribution in [0.1, 0.15) is 19.4 Å². The van der Waals surface area contributed by atoms with E-state index in [1.54, 1.807) is 19.1 Å². The fourth-order valence-electron chi connectivity index (χ4n) is 1.82. The average Bonchev–Trinajstić information content (AvgIpc) is 2.53. The van der Waals surface area contributed by atoms with Crippen LogP contribution in [-0.2, 0) is 16.0 Å². The largest absolute Gasteiger partial charge is 0.469 e. The molecule has 5 nitrogen and oxygen atoms in total. The van der Waals surface area contributed by atoms with Crippen LogP contribution in [0.25, 0.3) is 0 Å². The van der Waals surface area contributed by atoms with Crippen molar-refractivity contribution in [2.24, 2.45) is 10.9 Å². The molecule has 0 aromatic heterocycles. The predicted molar refractivity (Wildman–Crippen MR) is 85.3 cm³/mol. The van der Waals surface area contributed by atoms with E-state index in [1.165, 1.54) is 19.2 Å². The Labute approximate surface area is 131 Å². The number of guanidine groups is 1. The molecule has 1 rings (SSSR count). The van der Waals surface area contributed by atoms with Crippen molar-refractivity contribution in [2.45, 2.75) is 20.3 Å². The average molecular weight is 309 g/mol. The Morgan fingerprint density at radius 2 is 2.00 bits per heavy atom. The molecule has 1 aromatic carbocycles. The SMILES string of the molecule is CCNC(=NCC(C)C(=O)OC)NCCc1ccc(F)cc1. The lowest BCUT2D eigenvalue weighted by Crippen LogP contribution is -2.38. The van der Waals surface area contributed by atoms with E-state index in [0.717, 1.165) is 18.5 Å². The van der Waals surface area contributed by atoms with Gasteiger partial charge in [0, 0.05) is 13.1 Å². The third-order valence-electron chi connectivity index (χ3n) is 3.09. The minimum atomic E-state index is -0.280. The second kappa shape index (κ2) is 9.76. The van der Waals surface area contributed by atoms with E-state index >= 15 is 0 Å². The number of hydrogen-bond donors (Lipinski definition) is 2. The minimum Gasteiger partial charge on any atom is -0.469 e. The van der Waals surface area contributed by atoms with Gasteiger partial charge in [0.2, 0.25) is 0 Å². The maximum atomic E-state index is 12.8. The van der Waals surface area contributed by atoms with Gasteiger partial charge in [0.1, 0.15) is 5.82 Å². The fourth-order valence-corrected chi connectivity index (χ4v) is 1.82. The number of esters is 1. The number of benzene rings is 1. The third-order valence-corrected chi connectivity index (χ3v) is 3.09. The molecule has 0 aliphatic heterocycles. The summed E-state index contributed by atoms with van der Waals surface area (Å²) in [6, 6.07) is 6.43. The molecule has 2 N–H and O–H groups in total. The summed E-state index contributed by atoms with van der Waals surface area (Å²) in [4.78, 5) is 15.7. The van der Waals surface area contributed by atoms with E-state index < -0.39 is 0 Å². The van der Waals surface area contributed by atoms with E-state index in [4.69, 9.17) is 0 Å². The summed E-state index contributed by atoms with van der Waals surface area (Å²) in [7, 11) is 1.37. The number of nitrogens with zero attached hydrogens (tertiary/aromatic N) is 1. The van der Waals surface area contributed by atoms with Crippen LogP contribution in [0.3, 0.4) is 0 Å². The van der Waals surface area contributed by atoms with Crippen molar-refractivity contribution in [3.63, 3.8) is 0 Å². The molecule has 0 spiro atoms. The van der Waals surface area contributed by atoms with Crippen molar-refractivity contribution >= 4 is 11.9 Å². The Morgan fingerprint density at radius 1 is 1.32 bits per heavy atom. The number of carbonyl (C=O) groups is 1. The van der Waals surface area contributed by atoms with E-state index in [0.29, 0.717) is 19.0 Å². The van der Waals surface area contributed by atoms with Gasteiger partial charge in [-0.05, 0) is 31.0 Å². The molecule has 1 atom stereocenters. The first kappa shape index (κ1) is 17.9. The molecule has 22 heavy (non-hydrogen) atoms. The topological polar surface area (TPSA) is 62.7 Å². The van der Waals surface area contributed by atoms with Crippen LogP contribution in [0, 0.1) is 11.7 Å². The molecule has 0 radical (unpaired) electrons. The van der Waals surface area contributed by atoms with Gasteiger partial charge in [0.15, 0.2) is 5.96 Å². The number of ether oxygens (including phenoxy) is 1. The zero-order valence-electron chi connectivity index (χ0n) is 13.4. The zero-order chi connectivity index (χ0) is 16.4. The maximum Gasteiger partial charge on any atom is 0.310 e. The monoisotopic (exact) mass is 309 g/mol. The molecule has 0 aliphatic rings. The Kier molecular flexibility index (Phi) is 7.96. The molecule has 0 heterocycles. The van der Waals surface area contributed by atoms with E-state index in [1.807, 2.05) is 6.92 Å². The highest BCUT2D eigenvalue weighted by atomic mass is 19.1. The lowest BCUT2D eigenvalue weighted by atomic mass is 10.1. The predicted octanol–water partition coefficient (Wildman–Crippen LogP) is 1.73. The van der Waals surface area contributed by atoms with Crippen molar-refractivity contribution in [1.29, 1.82) is 0 Å². The molecular formula is C16H24FN3O2. The fraction of sp³-hybridized carbons (Fsp3) is 0.500. The quantitative estimate of drug-likeness (QED) is 0.457. The van der Waals surface area contributed by atoms with Crippen LogP contribution in [0.4, 0.5) is 4.39 Å². The highest BCUT2D eigenvalue weighted by Gasteiger charge is 2.12. The highest BCUT2D eigenvalue weighted by Crippen LogP contribution is 2.03. The number of carbonyl (C=O) groups excluding carboxylic acids is 1. The maximum absolute atomic E-state index is 12.8. The second-order valence-corrected chi connectivity index (χ2v) is 4.95. The number of aliphatic imine (C=N–C) groups is 1. The van der Waals surface area contributed by atoms with Gasteiger partial charge in [0.05, 0.1) is 19.6 Å². The first-order valence-corrected chi connectivity index (χ1v) is 7.41. The van der Waals surface area contributed by atoms with Crippen molar-refractivity contribution in [3.8, 4) is 0 Å². The van der Waals surface area contributed by atoms with Crippen molar-refractivity contribution in [3.05, 3.63) is 35.6 Å². The smallest absolute Gasteiger partial charge is 0.310 e. The van der Waals surface area contributed by atoms with Crippen molar-refractivity contribution < 1.29 is 13.9 Å². The van der Waals surface area contributed by atoms with E-state index in [2.05, 4.69) is 20.4 Å². The normalized spacial score (nSPS) is 12.6. The first-order chi connectivity index (χ1) is 10.6. The molecular weight excluding hydrogens is 285 g/mol. The Bertz CT molecular complexity index is 489. The van der Waals surface area contributed by atoms with E-state index in [9.17, 15) is 9.18 Å². The van der Waals surface area contributed by atoms with Gasteiger partial charge in [-0.15, -0.1) is 0 Å². The van der Waals surface area contributed by atoms with Gasteiger partial charge in [-0.1, -0.05) is 19.1 Å². The number of hydrogen-bond acceptors (Lipinski definition) is 3. The second-order valence-electron chi connectivity index (χ2n) is 4.95. The summed E-state index contributed by atoms with van der Waals surface area (Å²) in [6.45, 7) is 5.51. The molecule has 0 bridgehead atoms. The molecule has 6 heteroatoms. The number of halogens is 1. The molecule has 1 unspecified atom stereocenters. The van der Waals surface area contributed by atoms with Crippen LogP contribution in [0.2, 0.25) is 0 Å². The van der Waals surface area contributed by atoms with Crippen LogP contribution in [0.5, 0.6) is 0 Å². The minimum absolute atomic E-state index is 0.233. The highest BCUT2D eigenvalue weighted by molar-refractivity contribution is 5.80. The van der Waals surface area contributed by atoms with Crippen LogP contribution >= 0.6 is 0 Å². The van der Waals surface area contributed by atoms with E-state index in [-0.39, 0.29) is 17.7 Å². The Hall–Kier alpha value is -2.11. The standard InChI is InChI=1S/C16H24FN3O2/c1-4-18-16(20-11-12(2)15(21)22-3)19-10-9-13-5-7-14(17)8-6-13/h5-8,12H,4,9-11H2,1-3H3,(H2,18,19,20). The summed E-state index contributed by atoms with van der Waals surface area (Å²) in [6.07, 6.45) is 0.761. The molecule has 122 valence electrons. The zero-order valence-corrected chi connectivity index (χ0v) is 13.4. The molecule has 1 aromatic rings. The van der Waals surface area contributed by atoms with Crippen molar-refractivity contribution in [2.75, 3.05) is 26.7 Å². The first-order valence-electron chi connectivity index (χ1n) is 7.41. The van der Waals surface area contributed by atoms with Gasteiger partial charge in [-0.3, -0.25) is 9.79 Å². The van der Waals surface area contributed by atoms with Crippen LogP contribution < -0.4 is 10.6 Å². The van der Waals surface area contributed by atoms with Gasteiger partial charge in [0.25, 0.3) is 0 Å². The molecule has 0 saturated carbocycles. The van der Waals surface area contributed by atoms with Gasteiger partial charge in [-0.2, -0.15) is 0 Å². The number of rotatable bonds is 7. The van der Waals surface area contributed by atoms with Gasteiger partial charge in [-0.25, -0.2) is 4.39 Å². The number of nitrogens with one attached hydrogen (secondary N) is 2. The molecule has 0 saturated heterocycles. The van der Waals surface area contributed by atoms with Crippen molar-refractivity contribution in [1.82, 2.24) is 10.6 Å². The molecule has 0 aliphatic carbocycles. The Morgan fingerprint density at radius 3 is 2.59 bits per heavy atom. The summed E-state index contributed by atoms with van der Waals surface area (Å²) >= 11 is 0. The Balaban J connectivity index is 2.46. The molecule has 0 amide bonds. The molecule has 0 fully saturated rings. The van der Waals surface area contributed by atoms with Gasteiger partial charge < -0.3 is 15.4 Å². The summed E-state index contributed by atoms with van der Waals surface area (Å²) < 4.78 is 17.5. The summed E-state index contributed by atoms with van der Waals surface area (Å²) in [5, 5.41) is 6.31. The lowest BCUT2D eigenvalue weighted by Gasteiger charge is -2.12.